The van der Waals surface area contributed by atoms with Crippen LogP contribution in [0.25, 0.3) is 0 Å². The Morgan fingerprint density at radius 1 is 1.18 bits per heavy atom. The van der Waals surface area contributed by atoms with Gasteiger partial charge in [-0.25, -0.2) is 0 Å². The summed E-state index contributed by atoms with van der Waals surface area (Å²) in [5.74, 6) is 0.828. The first-order chi connectivity index (χ1) is 5.20. The molecule has 1 N–H and O–H groups in total. The Morgan fingerprint density at radius 3 is 2.27 bits per heavy atom. The maximum absolute atomic E-state index is 3.53. The highest BCUT2D eigenvalue weighted by Gasteiger charge is 2.01. The van der Waals surface area contributed by atoms with E-state index in [2.05, 4.69) is 33.0 Å². The minimum Gasteiger partial charge on any atom is -0.314 e. The van der Waals surface area contributed by atoms with Crippen LogP contribution in [-0.2, 0) is 0 Å². The smallest absolute Gasteiger partial charge is 0.00387 e. The third kappa shape index (κ3) is 6.36. The van der Waals surface area contributed by atoms with E-state index in [4.69, 9.17) is 0 Å². The molecule has 1 heteroatoms. The summed E-state index contributed by atoms with van der Waals surface area (Å²) in [7, 11) is 0. The zero-order valence-electron chi connectivity index (χ0n) is 8.48. The molecule has 68 valence electrons. The molecule has 0 aliphatic carbocycles. The van der Waals surface area contributed by atoms with Crippen molar-refractivity contribution in [2.75, 3.05) is 6.54 Å². The Labute approximate surface area is 71.6 Å². The van der Waals surface area contributed by atoms with Crippen LogP contribution in [-0.4, -0.2) is 12.6 Å². The molecule has 2 unspecified atom stereocenters. The van der Waals surface area contributed by atoms with Crippen LogP contribution in [0.4, 0.5) is 0 Å². The van der Waals surface area contributed by atoms with E-state index in [1.807, 2.05) is 0 Å². The molecule has 0 aromatic carbocycles. The van der Waals surface area contributed by atoms with Crippen molar-refractivity contribution in [2.24, 2.45) is 5.92 Å². The second-order valence-electron chi connectivity index (χ2n) is 3.61. The molecular formula is C10H23N. The lowest BCUT2D eigenvalue weighted by Gasteiger charge is -2.15. The Bertz CT molecular complexity index is 80.9. The van der Waals surface area contributed by atoms with Gasteiger partial charge in [0.1, 0.15) is 0 Å². The lowest BCUT2D eigenvalue weighted by molar-refractivity contribution is 0.436. The number of rotatable bonds is 6. The van der Waals surface area contributed by atoms with Gasteiger partial charge in [0.15, 0.2) is 0 Å². The van der Waals surface area contributed by atoms with Crippen LogP contribution < -0.4 is 5.32 Å². The van der Waals surface area contributed by atoms with Gasteiger partial charge in [-0.05, 0) is 25.8 Å². The molecule has 0 spiro atoms. The average Bonchev–Trinajstić information content (AvgIpc) is 2.01. The van der Waals surface area contributed by atoms with Gasteiger partial charge >= 0.3 is 0 Å². The Balaban J connectivity index is 3.22. The van der Waals surface area contributed by atoms with Crippen LogP contribution >= 0.6 is 0 Å². The molecule has 0 rings (SSSR count). The zero-order chi connectivity index (χ0) is 8.69. The van der Waals surface area contributed by atoms with E-state index in [0.29, 0.717) is 6.04 Å². The molecule has 0 saturated carbocycles. The maximum atomic E-state index is 3.53. The topological polar surface area (TPSA) is 12.0 Å². The van der Waals surface area contributed by atoms with Crippen LogP contribution in [0.15, 0.2) is 0 Å². The highest BCUT2D eigenvalue weighted by Crippen LogP contribution is 2.00. The predicted molar refractivity (Wildman–Crippen MR) is 51.8 cm³/mol. The summed E-state index contributed by atoms with van der Waals surface area (Å²) in [5.41, 5.74) is 0. The standard InChI is InChI=1S/C10H23N/c1-5-7-10(4)11-8-9(3)6-2/h9-11H,5-8H2,1-4H3. The summed E-state index contributed by atoms with van der Waals surface area (Å²) in [6.45, 7) is 10.2. The first-order valence-electron chi connectivity index (χ1n) is 4.94. The van der Waals surface area contributed by atoms with Crippen molar-refractivity contribution in [3.63, 3.8) is 0 Å². The van der Waals surface area contributed by atoms with E-state index >= 15 is 0 Å². The highest BCUT2D eigenvalue weighted by molar-refractivity contribution is 4.61. The van der Waals surface area contributed by atoms with Gasteiger partial charge in [-0.15, -0.1) is 0 Å². The van der Waals surface area contributed by atoms with Crippen LogP contribution in [0, 0.1) is 5.92 Å². The average molecular weight is 157 g/mol. The van der Waals surface area contributed by atoms with Gasteiger partial charge in [-0.1, -0.05) is 33.6 Å². The van der Waals surface area contributed by atoms with Crippen molar-refractivity contribution in [1.82, 2.24) is 5.32 Å². The van der Waals surface area contributed by atoms with Crippen molar-refractivity contribution in [2.45, 2.75) is 53.0 Å². The second kappa shape index (κ2) is 6.66. The normalized spacial score (nSPS) is 16.4. The summed E-state index contributed by atoms with van der Waals surface area (Å²) < 4.78 is 0. The fourth-order valence-electron chi connectivity index (χ4n) is 1.08. The van der Waals surface area contributed by atoms with Crippen LogP contribution in [0.5, 0.6) is 0 Å². The van der Waals surface area contributed by atoms with Crippen molar-refractivity contribution >= 4 is 0 Å². The largest absolute Gasteiger partial charge is 0.314 e. The maximum Gasteiger partial charge on any atom is 0.00387 e. The van der Waals surface area contributed by atoms with Crippen LogP contribution in [0.2, 0.25) is 0 Å². The van der Waals surface area contributed by atoms with Gasteiger partial charge in [0, 0.05) is 6.04 Å². The Kier molecular flexibility index (Phi) is 6.63. The minimum atomic E-state index is 0.703. The van der Waals surface area contributed by atoms with Gasteiger partial charge in [-0.3, -0.25) is 0 Å². The van der Waals surface area contributed by atoms with E-state index in [0.717, 1.165) is 5.92 Å². The lowest BCUT2D eigenvalue weighted by Crippen LogP contribution is -2.29. The zero-order valence-corrected chi connectivity index (χ0v) is 8.48. The molecule has 0 bridgehead atoms. The van der Waals surface area contributed by atoms with Gasteiger partial charge in [0.25, 0.3) is 0 Å². The number of hydrogen-bond donors (Lipinski definition) is 1. The molecule has 0 aromatic heterocycles. The molecule has 0 fully saturated rings. The van der Waals surface area contributed by atoms with E-state index < -0.39 is 0 Å². The monoisotopic (exact) mass is 157 g/mol. The summed E-state index contributed by atoms with van der Waals surface area (Å²) in [4.78, 5) is 0. The van der Waals surface area contributed by atoms with Crippen molar-refractivity contribution in [3.8, 4) is 0 Å². The van der Waals surface area contributed by atoms with Gasteiger partial charge in [-0.2, -0.15) is 0 Å². The molecule has 11 heavy (non-hydrogen) atoms. The van der Waals surface area contributed by atoms with Gasteiger partial charge < -0.3 is 5.32 Å². The lowest BCUT2D eigenvalue weighted by atomic mass is 10.1. The first-order valence-corrected chi connectivity index (χ1v) is 4.94. The molecule has 0 aromatic rings. The predicted octanol–water partition coefficient (Wildman–Crippen LogP) is 2.81. The van der Waals surface area contributed by atoms with E-state index in [1.54, 1.807) is 0 Å². The van der Waals surface area contributed by atoms with Crippen molar-refractivity contribution in [3.05, 3.63) is 0 Å². The number of hydrogen-bond acceptors (Lipinski definition) is 1. The third-order valence-corrected chi connectivity index (χ3v) is 2.23. The molecule has 0 amide bonds. The van der Waals surface area contributed by atoms with Crippen LogP contribution in [0.3, 0.4) is 0 Å². The van der Waals surface area contributed by atoms with Crippen LogP contribution in [0.1, 0.15) is 47.0 Å². The molecule has 0 aliphatic rings. The SMILES string of the molecule is CCCC(C)NCC(C)CC. The third-order valence-electron chi connectivity index (χ3n) is 2.23. The molecule has 2 atom stereocenters. The molecule has 0 heterocycles. The molecule has 0 aliphatic heterocycles. The van der Waals surface area contributed by atoms with Gasteiger partial charge in [0.2, 0.25) is 0 Å². The summed E-state index contributed by atoms with van der Waals surface area (Å²) in [6.07, 6.45) is 3.87. The first kappa shape index (κ1) is 11.0. The minimum absolute atomic E-state index is 0.703. The van der Waals surface area contributed by atoms with E-state index in [9.17, 15) is 0 Å². The second-order valence-corrected chi connectivity index (χ2v) is 3.61. The molecule has 1 nitrogen and oxygen atoms in total. The molecule has 0 radical (unpaired) electrons. The quantitative estimate of drug-likeness (QED) is 0.625. The number of nitrogens with one attached hydrogen (secondary N) is 1. The van der Waals surface area contributed by atoms with E-state index in [-0.39, 0.29) is 0 Å². The Morgan fingerprint density at radius 2 is 1.82 bits per heavy atom. The van der Waals surface area contributed by atoms with Crippen molar-refractivity contribution in [1.29, 1.82) is 0 Å². The summed E-state index contributed by atoms with van der Waals surface area (Å²) >= 11 is 0. The van der Waals surface area contributed by atoms with E-state index in [1.165, 1.54) is 25.8 Å². The summed E-state index contributed by atoms with van der Waals surface area (Å²) in [6, 6.07) is 0.703. The van der Waals surface area contributed by atoms with Crippen molar-refractivity contribution < 1.29 is 0 Å². The molecule has 0 saturated heterocycles. The van der Waals surface area contributed by atoms with Gasteiger partial charge in [0.05, 0.1) is 0 Å². The summed E-state index contributed by atoms with van der Waals surface area (Å²) in [5, 5.41) is 3.53. The highest BCUT2D eigenvalue weighted by atomic mass is 14.9. The fraction of sp³-hybridized carbons (Fsp3) is 1.00. The fourth-order valence-corrected chi connectivity index (χ4v) is 1.08. The molecular weight excluding hydrogens is 134 g/mol. The Hall–Kier alpha value is -0.0400.